The van der Waals surface area contributed by atoms with E-state index in [1.807, 2.05) is 0 Å². The van der Waals surface area contributed by atoms with Crippen molar-refractivity contribution in [2.45, 2.75) is 102 Å². The molecule has 0 saturated carbocycles. The summed E-state index contributed by atoms with van der Waals surface area (Å²) in [4.78, 5) is -0.109. The van der Waals surface area contributed by atoms with Gasteiger partial charge in [0.1, 0.15) is 5.75 Å². The van der Waals surface area contributed by atoms with Gasteiger partial charge in [0.15, 0.2) is 0 Å². The van der Waals surface area contributed by atoms with E-state index in [4.69, 9.17) is 9.29 Å². The van der Waals surface area contributed by atoms with E-state index in [9.17, 15) is 8.42 Å². The zero-order valence-electron chi connectivity index (χ0n) is 18.2. The Morgan fingerprint density at radius 1 is 0.767 bits per heavy atom. The van der Waals surface area contributed by atoms with Crippen molar-refractivity contribution in [3.05, 3.63) is 36.4 Å². The predicted octanol–water partition coefficient (Wildman–Crippen LogP) is 6.70. The molecule has 0 aromatic heterocycles. The van der Waals surface area contributed by atoms with Crippen LogP contribution < -0.4 is 4.74 Å². The van der Waals surface area contributed by atoms with Gasteiger partial charge in [-0.3, -0.25) is 4.55 Å². The van der Waals surface area contributed by atoms with Crippen LogP contribution in [0.5, 0.6) is 5.75 Å². The molecule has 0 saturated heterocycles. The van der Waals surface area contributed by atoms with Gasteiger partial charge in [-0.05, 0) is 56.4 Å². The SMILES string of the molecule is CCCCCCCC/C=C\CCCCCCCCOc1ccc(S(=O)(=O)O)cc1.[KH]. The van der Waals surface area contributed by atoms with Crippen LogP contribution in [0.4, 0.5) is 0 Å². The number of unbranched alkanes of at least 4 members (excludes halogenated alkanes) is 12. The van der Waals surface area contributed by atoms with E-state index >= 15 is 0 Å². The molecule has 1 N–H and O–H groups in total. The Labute approximate surface area is 227 Å². The minimum absolute atomic E-state index is 0. The summed E-state index contributed by atoms with van der Waals surface area (Å²) in [5, 5.41) is 0. The summed E-state index contributed by atoms with van der Waals surface area (Å²) >= 11 is 0. The Morgan fingerprint density at radius 2 is 1.23 bits per heavy atom. The third-order valence-corrected chi connectivity index (χ3v) is 5.91. The quantitative estimate of drug-likeness (QED) is 0.114. The number of ether oxygens (including phenoxy) is 1. The normalized spacial score (nSPS) is 11.5. The Hall–Kier alpha value is 0.306. The molecule has 168 valence electrons. The van der Waals surface area contributed by atoms with Crippen LogP contribution in [0.25, 0.3) is 0 Å². The molecule has 0 unspecified atom stereocenters. The number of hydrogen-bond acceptors (Lipinski definition) is 3. The van der Waals surface area contributed by atoms with Crippen LogP contribution in [-0.2, 0) is 10.1 Å². The fourth-order valence-electron chi connectivity index (χ4n) is 3.25. The van der Waals surface area contributed by atoms with E-state index in [-0.39, 0.29) is 56.3 Å². The molecule has 0 fully saturated rings. The van der Waals surface area contributed by atoms with Gasteiger partial charge in [-0.15, -0.1) is 0 Å². The molecule has 0 aliphatic carbocycles. The second-order valence-corrected chi connectivity index (χ2v) is 9.15. The Balaban J connectivity index is 0.00000841. The average Bonchev–Trinajstić information content (AvgIpc) is 2.70. The molecule has 6 heteroatoms. The Kier molecular flexibility index (Phi) is 20.2. The standard InChI is InChI=1S/C24H40O4S.K.H/c1-2-3-4-5-6-7-8-9-10-11-12-13-14-15-16-17-22-28-23-18-20-24(21-19-23)29(25,26)27;;/h9-10,18-21H,2-8,11-17,22H2,1H3,(H,25,26,27);;/b10-9-;;. The van der Waals surface area contributed by atoms with E-state index in [2.05, 4.69) is 19.1 Å². The maximum atomic E-state index is 11.0. The van der Waals surface area contributed by atoms with E-state index in [1.54, 1.807) is 12.1 Å². The molecule has 1 rings (SSSR count). The van der Waals surface area contributed by atoms with Gasteiger partial charge in [-0.1, -0.05) is 76.9 Å². The summed E-state index contributed by atoms with van der Waals surface area (Å²) < 4.78 is 36.5. The predicted molar refractivity (Wildman–Crippen MR) is 128 cm³/mol. The van der Waals surface area contributed by atoms with E-state index in [0.717, 1.165) is 12.8 Å². The molecule has 0 heterocycles. The first kappa shape index (κ1) is 30.3. The zero-order chi connectivity index (χ0) is 21.2. The van der Waals surface area contributed by atoms with E-state index in [0.29, 0.717) is 12.4 Å². The van der Waals surface area contributed by atoms with Crippen LogP contribution in [-0.4, -0.2) is 71.0 Å². The topological polar surface area (TPSA) is 63.6 Å². The maximum absolute atomic E-state index is 11.0. The molecular weight excluding hydrogens is 423 g/mol. The molecule has 0 atom stereocenters. The van der Waals surface area contributed by atoms with Crippen molar-refractivity contribution in [1.82, 2.24) is 0 Å². The van der Waals surface area contributed by atoms with Crippen molar-refractivity contribution in [3.8, 4) is 5.75 Å². The van der Waals surface area contributed by atoms with Crippen LogP contribution in [0.2, 0.25) is 0 Å². The fraction of sp³-hybridized carbons (Fsp3) is 0.667. The molecule has 0 bridgehead atoms. The molecule has 1 aromatic carbocycles. The van der Waals surface area contributed by atoms with Crippen molar-refractivity contribution < 1.29 is 17.7 Å². The third-order valence-electron chi connectivity index (χ3n) is 5.05. The summed E-state index contributed by atoms with van der Waals surface area (Å²) in [7, 11) is -4.13. The summed E-state index contributed by atoms with van der Waals surface area (Å²) in [6, 6.07) is 5.85. The minimum atomic E-state index is -4.13. The number of benzene rings is 1. The van der Waals surface area contributed by atoms with Crippen LogP contribution in [0.3, 0.4) is 0 Å². The van der Waals surface area contributed by atoms with Crippen molar-refractivity contribution in [3.63, 3.8) is 0 Å². The molecular formula is C24H41KO4S. The molecule has 0 amide bonds. The molecule has 0 aliphatic heterocycles. The summed E-state index contributed by atoms with van der Waals surface area (Å²) in [5.74, 6) is 0.630. The average molecular weight is 465 g/mol. The first-order valence-electron chi connectivity index (χ1n) is 11.4. The molecule has 1 aromatic rings. The fourth-order valence-corrected chi connectivity index (χ4v) is 3.73. The van der Waals surface area contributed by atoms with Gasteiger partial charge in [0.2, 0.25) is 0 Å². The number of hydrogen-bond donors (Lipinski definition) is 1. The Bertz CT molecular complexity index is 642. The van der Waals surface area contributed by atoms with E-state index < -0.39 is 10.1 Å². The van der Waals surface area contributed by atoms with Gasteiger partial charge >= 0.3 is 51.4 Å². The number of rotatable bonds is 18. The van der Waals surface area contributed by atoms with Crippen LogP contribution in [0, 0.1) is 0 Å². The first-order chi connectivity index (χ1) is 14.0. The monoisotopic (exact) mass is 464 g/mol. The van der Waals surface area contributed by atoms with Crippen LogP contribution >= 0.6 is 0 Å². The van der Waals surface area contributed by atoms with Gasteiger partial charge in [-0.25, -0.2) is 0 Å². The van der Waals surface area contributed by atoms with Crippen molar-refractivity contribution >= 4 is 61.5 Å². The number of allylic oxidation sites excluding steroid dienone is 2. The van der Waals surface area contributed by atoms with Crippen LogP contribution in [0.1, 0.15) is 96.8 Å². The van der Waals surface area contributed by atoms with Crippen molar-refractivity contribution in [2.24, 2.45) is 0 Å². The third kappa shape index (κ3) is 16.9. The summed E-state index contributed by atoms with van der Waals surface area (Å²) in [6.07, 6.45) is 22.6. The molecule has 0 radical (unpaired) electrons. The second-order valence-electron chi connectivity index (χ2n) is 7.73. The van der Waals surface area contributed by atoms with Crippen LogP contribution in [0.15, 0.2) is 41.3 Å². The van der Waals surface area contributed by atoms with Gasteiger partial charge in [0.05, 0.1) is 11.5 Å². The molecule has 4 nitrogen and oxygen atoms in total. The second kappa shape index (κ2) is 20.0. The van der Waals surface area contributed by atoms with Gasteiger partial charge in [-0.2, -0.15) is 8.42 Å². The summed E-state index contributed by atoms with van der Waals surface area (Å²) in [6.45, 7) is 2.89. The molecule has 30 heavy (non-hydrogen) atoms. The van der Waals surface area contributed by atoms with Crippen molar-refractivity contribution in [2.75, 3.05) is 6.61 Å². The molecule has 0 aliphatic rings. The molecule has 0 spiro atoms. The van der Waals surface area contributed by atoms with Gasteiger partial charge in [0.25, 0.3) is 10.1 Å². The summed E-state index contributed by atoms with van der Waals surface area (Å²) in [5.41, 5.74) is 0. The zero-order valence-corrected chi connectivity index (χ0v) is 19.0. The first-order valence-corrected chi connectivity index (χ1v) is 12.8. The van der Waals surface area contributed by atoms with E-state index in [1.165, 1.54) is 89.2 Å². The van der Waals surface area contributed by atoms with Gasteiger partial charge < -0.3 is 4.74 Å². The van der Waals surface area contributed by atoms with Gasteiger partial charge in [0, 0.05) is 0 Å². The Morgan fingerprint density at radius 3 is 1.73 bits per heavy atom. The van der Waals surface area contributed by atoms with Crippen molar-refractivity contribution in [1.29, 1.82) is 0 Å².